The van der Waals surface area contributed by atoms with Gasteiger partial charge in [-0.1, -0.05) is 26.8 Å². The summed E-state index contributed by atoms with van der Waals surface area (Å²) in [5.41, 5.74) is 0. The van der Waals surface area contributed by atoms with Crippen molar-refractivity contribution in [2.75, 3.05) is 0 Å². The zero-order chi connectivity index (χ0) is 12.1. The monoisotopic (exact) mass is 332 g/mol. The van der Waals surface area contributed by atoms with Crippen molar-refractivity contribution in [3.8, 4) is 5.75 Å². The lowest BCUT2D eigenvalue weighted by Gasteiger charge is -2.17. The number of carbonyl (C=O) groups excluding carboxylic acids is 1. The Morgan fingerprint density at radius 2 is 2.12 bits per heavy atom. The fourth-order valence-corrected chi connectivity index (χ4v) is 2.15. The molecule has 0 fully saturated rings. The second-order valence-electron chi connectivity index (χ2n) is 4.14. The van der Waals surface area contributed by atoms with Crippen molar-refractivity contribution in [3.05, 3.63) is 27.8 Å². The quantitative estimate of drug-likeness (QED) is 0.475. The van der Waals surface area contributed by atoms with Gasteiger partial charge in [-0.25, -0.2) is 0 Å². The first-order chi connectivity index (χ1) is 7.54. The number of esters is 1. The highest BCUT2D eigenvalue weighted by molar-refractivity contribution is 14.1. The Labute approximate surface area is 111 Å². The Bertz CT molecular complexity index is 361. The molecule has 1 aromatic rings. The maximum absolute atomic E-state index is 11.9. The van der Waals surface area contributed by atoms with Crippen LogP contribution in [0.25, 0.3) is 0 Å². The summed E-state index contributed by atoms with van der Waals surface area (Å²) in [6, 6.07) is 7.54. The minimum absolute atomic E-state index is 0.0159. The van der Waals surface area contributed by atoms with Gasteiger partial charge in [-0.2, -0.15) is 0 Å². The van der Waals surface area contributed by atoms with Crippen molar-refractivity contribution in [2.24, 2.45) is 11.8 Å². The smallest absolute Gasteiger partial charge is 0.314 e. The van der Waals surface area contributed by atoms with Gasteiger partial charge >= 0.3 is 5.97 Å². The van der Waals surface area contributed by atoms with Crippen LogP contribution >= 0.6 is 22.6 Å². The zero-order valence-corrected chi connectivity index (χ0v) is 12.0. The van der Waals surface area contributed by atoms with Crippen molar-refractivity contribution in [1.82, 2.24) is 0 Å². The Kier molecular flexibility index (Phi) is 5.25. The molecular weight excluding hydrogens is 315 g/mol. The largest absolute Gasteiger partial charge is 0.426 e. The zero-order valence-electron chi connectivity index (χ0n) is 9.87. The van der Waals surface area contributed by atoms with Crippen LogP contribution in [-0.4, -0.2) is 5.97 Å². The highest BCUT2D eigenvalue weighted by atomic mass is 127. The molecule has 0 aromatic heterocycles. The Morgan fingerprint density at radius 3 is 2.62 bits per heavy atom. The summed E-state index contributed by atoms with van der Waals surface area (Å²) >= 11 is 2.20. The van der Waals surface area contributed by atoms with Gasteiger partial charge in [0, 0.05) is 3.57 Å². The number of hydrogen-bond donors (Lipinski definition) is 0. The molecule has 0 aliphatic carbocycles. The van der Waals surface area contributed by atoms with Crippen molar-refractivity contribution in [2.45, 2.75) is 27.2 Å². The van der Waals surface area contributed by atoms with Crippen LogP contribution in [0.3, 0.4) is 0 Å². The molecular formula is C13H17IO2. The Balaban J connectivity index is 2.70. The molecule has 88 valence electrons. The van der Waals surface area contributed by atoms with E-state index in [-0.39, 0.29) is 11.9 Å². The van der Waals surface area contributed by atoms with E-state index in [1.807, 2.05) is 45.0 Å². The topological polar surface area (TPSA) is 26.3 Å². The number of benzene rings is 1. The van der Waals surface area contributed by atoms with Gasteiger partial charge in [0.15, 0.2) is 0 Å². The van der Waals surface area contributed by atoms with E-state index >= 15 is 0 Å². The van der Waals surface area contributed by atoms with Gasteiger partial charge in [0.2, 0.25) is 0 Å². The van der Waals surface area contributed by atoms with E-state index in [1.54, 1.807) is 0 Å². The van der Waals surface area contributed by atoms with Gasteiger partial charge < -0.3 is 4.74 Å². The van der Waals surface area contributed by atoms with Gasteiger partial charge in [-0.05, 0) is 53.1 Å². The highest BCUT2D eigenvalue weighted by Crippen LogP contribution is 2.20. The SMILES string of the molecule is CCC(C(=O)Oc1cccc(I)c1)C(C)C. The number of rotatable bonds is 4. The van der Waals surface area contributed by atoms with E-state index in [1.165, 1.54) is 0 Å². The third-order valence-electron chi connectivity index (χ3n) is 2.56. The third kappa shape index (κ3) is 3.77. The van der Waals surface area contributed by atoms with Crippen molar-refractivity contribution >= 4 is 28.6 Å². The van der Waals surface area contributed by atoms with E-state index in [9.17, 15) is 4.79 Å². The molecule has 0 radical (unpaired) electrons. The Morgan fingerprint density at radius 1 is 1.44 bits per heavy atom. The molecule has 0 saturated heterocycles. The van der Waals surface area contributed by atoms with E-state index < -0.39 is 0 Å². The van der Waals surface area contributed by atoms with Crippen LogP contribution in [0.1, 0.15) is 27.2 Å². The molecule has 0 saturated carbocycles. The molecule has 3 heteroatoms. The average molecular weight is 332 g/mol. The lowest BCUT2D eigenvalue weighted by molar-refractivity contribution is -0.140. The predicted molar refractivity (Wildman–Crippen MR) is 73.4 cm³/mol. The minimum atomic E-state index is -0.125. The maximum atomic E-state index is 11.9. The van der Waals surface area contributed by atoms with E-state index in [4.69, 9.17) is 4.74 Å². The van der Waals surface area contributed by atoms with E-state index in [0.29, 0.717) is 11.7 Å². The standard InChI is InChI=1S/C13H17IO2/c1-4-12(9(2)3)13(15)16-11-7-5-6-10(14)8-11/h5-9,12H,4H2,1-3H3. The summed E-state index contributed by atoms with van der Waals surface area (Å²) in [4.78, 5) is 11.9. The van der Waals surface area contributed by atoms with Gasteiger partial charge in [0.1, 0.15) is 5.75 Å². The molecule has 1 atom stereocenters. The molecule has 0 N–H and O–H groups in total. The first-order valence-corrected chi connectivity index (χ1v) is 6.59. The maximum Gasteiger partial charge on any atom is 0.314 e. The normalized spacial score (nSPS) is 12.6. The number of hydrogen-bond acceptors (Lipinski definition) is 2. The fourth-order valence-electron chi connectivity index (χ4n) is 1.63. The lowest BCUT2D eigenvalue weighted by atomic mass is 9.93. The van der Waals surface area contributed by atoms with E-state index in [0.717, 1.165) is 9.99 Å². The molecule has 0 amide bonds. The molecule has 0 spiro atoms. The first kappa shape index (κ1) is 13.5. The van der Waals surface area contributed by atoms with Crippen LogP contribution in [0.5, 0.6) is 5.75 Å². The van der Waals surface area contributed by atoms with Crippen LogP contribution in [0, 0.1) is 15.4 Å². The minimum Gasteiger partial charge on any atom is -0.426 e. The van der Waals surface area contributed by atoms with Crippen LogP contribution in [-0.2, 0) is 4.79 Å². The van der Waals surface area contributed by atoms with Crippen molar-refractivity contribution in [3.63, 3.8) is 0 Å². The molecule has 0 bridgehead atoms. The number of halogens is 1. The van der Waals surface area contributed by atoms with Gasteiger partial charge in [0.05, 0.1) is 5.92 Å². The van der Waals surface area contributed by atoms with Crippen molar-refractivity contribution in [1.29, 1.82) is 0 Å². The van der Waals surface area contributed by atoms with Crippen LogP contribution < -0.4 is 4.74 Å². The van der Waals surface area contributed by atoms with Crippen molar-refractivity contribution < 1.29 is 9.53 Å². The molecule has 1 unspecified atom stereocenters. The number of ether oxygens (including phenoxy) is 1. The van der Waals surface area contributed by atoms with Crippen LogP contribution in [0.2, 0.25) is 0 Å². The summed E-state index contributed by atoms with van der Waals surface area (Å²) < 4.78 is 6.44. The summed E-state index contributed by atoms with van der Waals surface area (Å²) in [6.45, 7) is 6.11. The van der Waals surface area contributed by atoms with Gasteiger partial charge in [-0.15, -0.1) is 0 Å². The van der Waals surface area contributed by atoms with Crippen LogP contribution in [0.15, 0.2) is 24.3 Å². The molecule has 16 heavy (non-hydrogen) atoms. The molecule has 0 heterocycles. The summed E-state index contributed by atoms with van der Waals surface area (Å²) in [7, 11) is 0. The fraction of sp³-hybridized carbons (Fsp3) is 0.462. The molecule has 1 rings (SSSR count). The highest BCUT2D eigenvalue weighted by Gasteiger charge is 2.22. The third-order valence-corrected chi connectivity index (χ3v) is 3.23. The first-order valence-electron chi connectivity index (χ1n) is 5.51. The summed E-state index contributed by atoms with van der Waals surface area (Å²) in [5.74, 6) is 0.814. The summed E-state index contributed by atoms with van der Waals surface area (Å²) in [5, 5.41) is 0. The van der Waals surface area contributed by atoms with Gasteiger partial charge in [0.25, 0.3) is 0 Å². The Hall–Kier alpha value is -0.580. The van der Waals surface area contributed by atoms with Gasteiger partial charge in [-0.3, -0.25) is 4.79 Å². The van der Waals surface area contributed by atoms with Crippen LogP contribution in [0.4, 0.5) is 0 Å². The molecule has 0 aliphatic rings. The molecule has 1 aromatic carbocycles. The second kappa shape index (κ2) is 6.23. The average Bonchev–Trinajstić information content (AvgIpc) is 2.17. The number of carbonyl (C=O) groups is 1. The molecule has 0 aliphatic heterocycles. The lowest BCUT2D eigenvalue weighted by Crippen LogP contribution is -2.24. The summed E-state index contributed by atoms with van der Waals surface area (Å²) in [6.07, 6.45) is 0.820. The predicted octanol–water partition coefficient (Wildman–Crippen LogP) is 3.88. The van der Waals surface area contributed by atoms with E-state index in [2.05, 4.69) is 22.6 Å². The molecule has 2 nitrogen and oxygen atoms in total. The second-order valence-corrected chi connectivity index (χ2v) is 5.38.